The average molecular weight is 300 g/mol. The Morgan fingerprint density at radius 2 is 1.95 bits per heavy atom. The standard InChI is InChI=1S/C18H24N2O2/c1-13(2)16-5-4-12-20(16)17(21)11-8-14-6-9-15(10-7-14)18(22)19-3/h6-11,13,16H,4-5,12H2,1-3H3,(H,19,22)/b11-8+/t16-/m1/s1. The first-order valence-electron chi connectivity index (χ1n) is 7.83. The summed E-state index contributed by atoms with van der Waals surface area (Å²) in [5.74, 6) is 0.460. The molecule has 1 heterocycles. The lowest BCUT2D eigenvalue weighted by molar-refractivity contribution is -0.127. The Labute approximate surface area is 132 Å². The minimum Gasteiger partial charge on any atom is -0.355 e. The predicted molar refractivity (Wildman–Crippen MR) is 88.4 cm³/mol. The van der Waals surface area contributed by atoms with Gasteiger partial charge in [-0.3, -0.25) is 9.59 Å². The minimum atomic E-state index is -0.108. The number of nitrogens with one attached hydrogen (secondary N) is 1. The molecule has 118 valence electrons. The van der Waals surface area contributed by atoms with Crippen LogP contribution in [0.1, 0.15) is 42.6 Å². The summed E-state index contributed by atoms with van der Waals surface area (Å²) in [6, 6.07) is 7.56. The molecule has 0 saturated carbocycles. The first kappa shape index (κ1) is 16.3. The molecule has 2 rings (SSSR count). The Bertz CT molecular complexity index is 561. The summed E-state index contributed by atoms with van der Waals surface area (Å²) < 4.78 is 0. The third kappa shape index (κ3) is 3.75. The van der Waals surface area contributed by atoms with Crippen LogP contribution in [0.25, 0.3) is 6.08 Å². The van der Waals surface area contributed by atoms with Crippen LogP contribution in [-0.2, 0) is 4.79 Å². The van der Waals surface area contributed by atoms with Crippen molar-refractivity contribution in [1.29, 1.82) is 0 Å². The summed E-state index contributed by atoms with van der Waals surface area (Å²) in [6.45, 7) is 5.18. The van der Waals surface area contributed by atoms with Crippen LogP contribution in [0.4, 0.5) is 0 Å². The molecule has 4 heteroatoms. The molecule has 1 aliphatic heterocycles. The molecule has 1 fully saturated rings. The van der Waals surface area contributed by atoms with Crippen molar-refractivity contribution in [2.24, 2.45) is 5.92 Å². The fraction of sp³-hybridized carbons (Fsp3) is 0.444. The number of benzene rings is 1. The smallest absolute Gasteiger partial charge is 0.251 e. The van der Waals surface area contributed by atoms with Crippen LogP contribution in [0.2, 0.25) is 0 Å². The van der Waals surface area contributed by atoms with E-state index in [9.17, 15) is 9.59 Å². The molecule has 0 aliphatic carbocycles. The van der Waals surface area contributed by atoms with Crippen molar-refractivity contribution in [3.8, 4) is 0 Å². The SMILES string of the molecule is CNC(=O)c1ccc(/C=C/C(=O)N2CCC[C@@H]2C(C)C)cc1. The highest BCUT2D eigenvalue weighted by Gasteiger charge is 2.29. The van der Waals surface area contributed by atoms with Crippen molar-refractivity contribution in [2.45, 2.75) is 32.7 Å². The lowest BCUT2D eigenvalue weighted by atomic mass is 10.0. The van der Waals surface area contributed by atoms with E-state index in [0.717, 1.165) is 24.9 Å². The van der Waals surface area contributed by atoms with Gasteiger partial charge in [-0.1, -0.05) is 26.0 Å². The molecule has 0 spiro atoms. The number of rotatable bonds is 4. The Kier molecular flexibility index (Phi) is 5.36. The maximum atomic E-state index is 12.3. The summed E-state index contributed by atoms with van der Waals surface area (Å²) in [7, 11) is 1.61. The number of carbonyl (C=O) groups excluding carboxylic acids is 2. The summed E-state index contributed by atoms with van der Waals surface area (Å²) in [4.78, 5) is 25.8. The van der Waals surface area contributed by atoms with Crippen LogP contribution in [0.5, 0.6) is 0 Å². The van der Waals surface area contributed by atoms with Gasteiger partial charge in [0.05, 0.1) is 0 Å². The van der Waals surface area contributed by atoms with Gasteiger partial charge in [0.15, 0.2) is 0 Å². The third-order valence-corrected chi connectivity index (χ3v) is 4.17. The van der Waals surface area contributed by atoms with Gasteiger partial charge in [-0.05, 0) is 42.5 Å². The molecule has 1 atom stereocenters. The quantitative estimate of drug-likeness (QED) is 0.869. The van der Waals surface area contributed by atoms with Crippen LogP contribution in [0.3, 0.4) is 0 Å². The molecule has 1 aromatic rings. The number of nitrogens with zero attached hydrogens (tertiary/aromatic N) is 1. The maximum Gasteiger partial charge on any atom is 0.251 e. The van der Waals surface area contributed by atoms with Crippen LogP contribution in [-0.4, -0.2) is 36.3 Å². The van der Waals surface area contributed by atoms with Crippen LogP contribution < -0.4 is 5.32 Å². The van der Waals surface area contributed by atoms with Crippen molar-refractivity contribution >= 4 is 17.9 Å². The van der Waals surface area contributed by atoms with Crippen LogP contribution in [0, 0.1) is 5.92 Å². The first-order valence-corrected chi connectivity index (χ1v) is 7.83. The number of hydrogen-bond donors (Lipinski definition) is 1. The van der Waals surface area contributed by atoms with E-state index in [1.807, 2.05) is 23.1 Å². The molecule has 22 heavy (non-hydrogen) atoms. The van der Waals surface area contributed by atoms with E-state index in [1.165, 1.54) is 0 Å². The van der Waals surface area contributed by atoms with Gasteiger partial charge >= 0.3 is 0 Å². The van der Waals surface area contributed by atoms with Gasteiger partial charge in [0.25, 0.3) is 5.91 Å². The summed E-state index contributed by atoms with van der Waals surface area (Å²) >= 11 is 0. The highest BCUT2D eigenvalue weighted by atomic mass is 16.2. The van der Waals surface area contributed by atoms with Crippen molar-refractivity contribution in [1.82, 2.24) is 10.2 Å². The minimum absolute atomic E-state index is 0.0755. The van der Waals surface area contributed by atoms with Crippen molar-refractivity contribution in [3.05, 3.63) is 41.5 Å². The Balaban J connectivity index is 2.02. The number of hydrogen-bond acceptors (Lipinski definition) is 2. The first-order chi connectivity index (χ1) is 10.5. The van der Waals surface area contributed by atoms with E-state index in [0.29, 0.717) is 17.5 Å². The molecule has 1 saturated heterocycles. The van der Waals surface area contributed by atoms with E-state index in [4.69, 9.17) is 0 Å². The van der Waals surface area contributed by atoms with Crippen LogP contribution in [0.15, 0.2) is 30.3 Å². The Morgan fingerprint density at radius 3 is 2.55 bits per heavy atom. The van der Waals surface area contributed by atoms with Crippen molar-refractivity contribution in [3.63, 3.8) is 0 Å². The molecular weight excluding hydrogens is 276 g/mol. The van der Waals surface area contributed by atoms with E-state index in [-0.39, 0.29) is 11.8 Å². The molecule has 0 unspecified atom stereocenters. The van der Waals surface area contributed by atoms with E-state index >= 15 is 0 Å². The molecule has 4 nitrogen and oxygen atoms in total. The molecular formula is C18H24N2O2. The monoisotopic (exact) mass is 300 g/mol. The lowest BCUT2D eigenvalue weighted by Gasteiger charge is -2.26. The van der Waals surface area contributed by atoms with Gasteiger partial charge in [0.1, 0.15) is 0 Å². The fourth-order valence-electron chi connectivity index (χ4n) is 2.91. The molecule has 0 aromatic heterocycles. The molecule has 0 radical (unpaired) electrons. The number of amides is 2. The molecule has 1 aliphatic rings. The zero-order valence-corrected chi connectivity index (χ0v) is 13.5. The highest BCUT2D eigenvalue weighted by Crippen LogP contribution is 2.24. The summed E-state index contributed by atoms with van der Waals surface area (Å²) in [5.41, 5.74) is 1.53. The van der Waals surface area contributed by atoms with Gasteiger partial charge in [-0.2, -0.15) is 0 Å². The van der Waals surface area contributed by atoms with Crippen LogP contribution >= 0.6 is 0 Å². The normalized spacial score (nSPS) is 18.2. The lowest BCUT2D eigenvalue weighted by Crippen LogP contribution is -2.37. The second kappa shape index (κ2) is 7.25. The second-order valence-electron chi connectivity index (χ2n) is 6.02. The Hall–Kier alpha value is -2.10. The third-order valence-electron chi connectivity index (χ3n) is 4.17. The topological polar surface area (TPSA) is 49.4 Å². The highest BCUT2D eigenvalue weighted by molar-refractivity contribution is 5.95. The number of carbonyl (C=O) groups is 2. The van der Waals surface area contributed by atoms with Crippen molar-refractivity contribution < 1.29 is 9.59 Å². The molecule has 0 bridgehead atoms. The molecule has 1 N–H and O–H groups in total. The fourth-order valence-corrected chi connectivity index (χ4v) is 2.91. The molecule has 1 aromatic carbocycles. The van der Waals surface area contributed by atoms with E-state index in [2.05, 4.69) is 19.2 Å². The maximum absolute atomic E-state index is 12.3. The number of likely N-dealkylation sites (tertiary alicyclic amines) is 1. The zero-order chi connectivity index (χ0) is 16.1. The Morgan fingerprint density at radius 1 is 1.27 bits per heavy atom. The van der Waals surface area contributed by atoms with Gasteiger partial charge in [-0.25, -0.2) is 0 Å². The van der Waals surface area contributed by atoms with Gasteiger partial charge in [0, 0.05) is 31.3 Å². The van der Waals surface area contributed by atoms with Gasteiger partial charge in [0.2, 0.25) is 5.91 Å². The largest absolute Gasteiger partial charge is 0.355 e. The summed E-state index contributed by atoms with van der Waals surface area (Å²) in [5, 5.41) is 2.59. The van der Waals surface area contributed by atoms with Gasteiger partial charge < -0.3 is 10.2 Å². The van der Waals surface area contributed by atoms with E-state index < -0.39 is 0 Å². The van der Waals surface area contributed by atoms with E-state index in [1.54, 1.807) is 25.3 Å². The predicted octanol–water partition coefficient (Wildman–Crippen LogP) is 2.71. The van der Waals surface area contributed by atoms with Crippen molar-refractivity contribution in [2.75, 3.05) is 13.6 Å². The zero-order valence-electron chi connectivity index (χ0n) is 13.5. The molecule has 2 amide bonds. The second-order valence-corrected chi connectivity index (χ2v) is 6.02. The summed E-state index contributed by atoms with van der Waals surface area (Å²) in [6.07, 6.45) is 5.63. The average Bonchev–Trinajstić information content (AvgIpc) is 3.02. The van der Waals surface area contributed by atoms with Gasteiger partial charge in [-0.15, -0.1) is 0 Å².